The average Bonchev–Trinajstić information content (AvgIpc) is 2.72. The molecule has 1 rings (SSSR count). The summed E-state index contributed by atoms with van der Waals surface area (Å²) in [6.45, 7) is 5.17. The molecule has 1 aromatic rings. The third kappa shape index (κ3) is 13.1. The summed E-state index contributed by atoms with van der Waals surface area (Å²) in [6.07, 6.45) is 13.6. The molecule has 4 nitrogen and oxygen atoms in total. The maximum absolute atomic E-state index is 12.4. The van der Waals surface area contributed by atoms with Gasteiger partial charge in [-0.2, -0.15) is 0 Å². The summed E-state index contributed by atoms with van der Waals surface area (Å²) in [5.41, 5.74) is 0.586. The first-order chi connectivity index (χ1) is 13.7. The van der Waals surface area contributed by atoms with E-state index in [1.807, 2.05) is 0 Å². The second-order valence-electron chi connectivity index (χ2n) is 7.35. The Morgan fingerprint density at radius 3 is 1.34 bits per heavy atom. The SMILES string of the molecule is CCCCCCCCOC(=O)c1ccccc1C(=O)OCCCCCCCC.[Na+]. The molecule has 0 aromatic heterocycles. The number of carbonyl (C=O) groups is 2. The molecule has 0 N–H and O–H groups in total. The fraction of sp³-hybridized carbons (Fsp3) is 0.667. The maximum Gasteiger partial charge on any atom is 1.00 e. The minimum Gasteiger partial charge on any atom is -0.462 e. The zero-order chi connectivity index (χ0) is 20.5. The van der Waals surface area contributed by atoms with Gasteiger partial charge in [-0.25, -0.2) is 9.59 Å². The first kappa shape index (κ1) is 28.2. The van der Waals surface area contributed by atoms with Crippen LogP contribution in [-0.2, 0) is 9.47 Å². The molecule has 0 aliphatic rings. The minimum atomic E-state index is -0.444. The van der Waals surface area contributed by atoms with E-state index in [-0.39, 0.29) is 29.6 Å². The topological polar surface area (TPSA) is 52.6 Å². The average molecular weight is 414 g/mol. The fourth-order valence-electron chi connectivity index (χ4n) is 3.09. The zero-order valence-electron chi connectivity index (χ0n) is 18.8. The standard InChI is InChI=1S/C24H38O4.Na/c1-3-5-7-9-11-15-19-27-23(25)21-17-13-14-18-22(21)24(26)28-20-16-12-10-8-6-4-2;/h13-14,17-18H,3-12,15-16,19-20H2,1-2H3;/q;+1. The summed E-state index contributed by atoms with van der Waals surface area (Å²) in [4.78, 5) is 24.7. The van der Waals surface area contributed by atoms with Gasteiger partial charge in [0, 0.05) is 0 Å². The Morgan fingerprint density at radius 1 is 0.621 bits per heavy atom. The molecule has 0 atom stereocenters. The van der Waals surface area contributed by atoms with Crippen LogP contribution >= 0.6 is 0 Å². The van der Waals surface area contributed by atoms with E-state index in [2.05, 4.69) is 13.8 Å². The second kappa shape index (κ2) is 19.1. The molecular weight excluding hydrogens is 375 g/mol. The van der Waals surface area contributed by atoms with Gasteiger partial charge in [-0.3, -0.25) is 0 Å². The van der Waals surface area contributed by atoms with Crippen LogP contribution in [0, 0.1) is 0 Å². The van der Waals surface area contributed by atoms with Gasteiger partial charge in [0.2, 0.25) is 0 Å². The van der Waals surface area contributed by atoms with Gasteiger partial charge >= 0.3 is 41.5 Å². The summed E-state index contributed by atoms with van der Waals surface area (Å²) in [7, 11) is 0. The van der Waals surface area contributed by atoms with Crippen LogP contribution in [0.5, 0.6) is 0 Å². The Bertz CT molecular complexity index is 511. The molecule has 0 saturated carbocycles. The summed E-state index contributed by atoms with van der Waals surface area (Å²) < 4.78 is 10.7. The first-order valence-corrected chi connectivity index (χ1v) is 11.1. The summed E-state index contributed by atoms with van der Waals surface area (Å²) in [5, 5.41) is 0. The number of unbranched alkanes of at least 4 members (excludes halogenated alkanes) is 10. The van der Waals surface area contributed by atoms with Crippen molar-refractivity contribution in [1.29, 1.82) is 0 Å². The van der Waals surface area contributed by atoms with Crippen LogP contribution in [0.2, 0.25) is 0 Å². The molecule has 0 bridgehead atoms. The van der Waals surface area contributed by atoms with E-state index < -0.39 is 11.9 Å². The van der Waals surface area contributed by atoms with Crippen LogP contribution < -0.4 is 29.6 Å². The van der Waals surface area contributed by atoms with Crippen LogP contribution in [0.1, 0.15) is 112 Å². The Hall–Kier alpha value is -0.840. The molecule has 0 radical (unpaired) electrons. The molecule has 0 heterocycles. The molecule has 0 aliphatic heterocycles. The number of benzene rings is 1. The molecule has 5 heteroatoms. The summed E-state index contributed by atoms with van der Waals surface area (Å²) >= 11 is 0. The van der Waals surface area contributed by atoms with Crippen LogP contribution in [0.4, 0.5) is 0 Å². The van der Waals surface area contributed by atoms with Crippen LogP contribution in [0.3, 0.4) is 0 Å². The molecule has 0 fully saturated rings. The van der Waals surface area contributed by atoms with Gasteiger partial charge in [-0.15, -0.1) is 0 Å². The maximum atomic E-state index is 12.4. The number of hydrogen-bond acceptors (Lipinski definition) is 4. The van der Waals surface area contributed by atoms with E-state index in [1.54, 1.807) is 24.3 Å². The van der Waals surface area contributed by atoms with Gasteiger partial charge in [0.1, 0.15) is 0 Å². The van der Waals surface area contributed by atoms with Crippen molar-refractivity contribution in [3.8, 4) is 0 Å². The number of hydrogen-bond donors (Lipinski definition) is 0. The molecule has 0 spiro atoms. The van der Waals surface area contributed by atoms with E-state index in [0.717, 1.165) is 25.7 Å². The van der Waals surface area contributed by atoms with E-state index in [0.29, 0.717) is 24.3 Å². The Kier molecular flexibility index (Phi) is 18.6. The molecular formula is C24H38NaO4+. The summed E-state index contributed by atoms with van der Waals surface area (Å²) in [6, 6.07) is 6.74. The van der Waals surface area contributed by atoms with Crippen molar-refractivity contribution in [2.45, 2.75) is 90.9 Å². The van der Waals surface area contributed by atoms with Crippen molar-refractivity contribution in [3.05, 3.63) is 35.4 Å². The Morgan fingerprint density at radius 2 is 0.966 bits per heavy atom. The van der Waals surface area contributed by atoms with Crippen molar-refractivity contribution in [3.63, 3.8) is 0 Å². The molecule has 0 amide bonds. The normalized spacial score (nSPS) is 10.3. The zero-order valence-corrected chi connectivity index (χ0v) is 20.8. The predicted molar refractivity (Wildman–Crippen MR) is 114 cm³/mol. The van der Waals surface area contributed by atoms with Gasteiger partial charge in [-0.05, 0) is 25.0 Å². The van der Waals surface area contributed by atoms with Crippen molar-refractivity contribution in [2.24, 2.45) is 0 Å². The molecule has 0 aliphatic carbocycles. The smallest absolute Gasteiger partial charge is 0.462 e. The second-order valence-corrected chi connectivity index (χ2v) is 7.35. The number of rotatable bonds is 16. The van der Waals surface area contributed by atoms with Crippen molar-refractivity contribution in [2.75, 3.05) is 13.2 Å². The molecule has 0 saturated heterocycles. The monoisotopic (exact) mass is 413 g/mol. The van der Waals surface area contributed by atoms with Gasteiger partial charge in [0.15, 0.2) is 0 Å². The molecule has 29 heavy (non-hydrogen) atoms. The summed E-state index contributed by atoms with van der Waals surface area (Å²) in [5.74, 6) is -0.888. The minimum absolute atomic E-state index is 0. The van der Waals surface area contributed by atoms with E-state index in [1.165, 1.54) is 51.4 Å². The number of ether oxygens (including phenoxy) is 2. The number of carbonyl (C=O) groups excluding carboxylic acids is 2. The quantitative estimate of drug-likeness (QED) is 0.235. The number of esters is 2. The Balaban J connectivity index is 0.00000784. The van der Waals surface area contributed by atoms with Crippen molar-refractivity contribution < 1.29 is 48.6 Å². The van der Waals surface area contributed by atoms with Crippen molar-refractivity contribution in [1.82, 2.24) is 0 Å². The Labute approximate surface area is 199 Å². The molecule has 158 valence electrons. The predicted octanol–water partition coefficient (Wildman–Crippen LogP) is 3.73. The van der Waals surface area contributed by atoms with Crippen molar-refractivity contribution >= 4 is 11.9 Å². The third-order valence-electron chi connectivity index (χ3n) is 4.83. The van der Waals surface area contributed by atoms with Crippen LogP contribution in [-0.4, -0.2) is 25.2 Å². The third-order valence-corrected chi connectivity index (χ3v) is 4.83. The van der Waals surface area contributed by atoms with Gasteiger partial charge in [0.05, 0.1) is 24.3 Å². The first-order valence-electron chi connectivity index (χ1n) is 11.1. The van der Waals surface area contributed by atoms with Crippen LogP contribution in [0.15, 0.2) is 24.3 Å². The van der Waals surface area contributed by atoms with Gasteiger partial charge in [-0.1, -0.05) is 90.2 Å². The fourth-order valence-corrected chi connectivity index (χ4v) is 3.09. The van der Waals surface area contributed by atoms with E-state index in [4.69, 9.17) is 9.47 Å². The van der Waals surface area contributed by atoms with Gasteiger partial charge < -0.3 is 9.47 Å². The van der Waals surface area contributed by atoms with E-state index in [9.17, 15) is 9.59 Å². The van der Waals surface area contributed by atoms with E-state index >= 15 is 0 Å². The largest absolute Gasteiger partial charge is 1.00 e. The molecule has 0 unspecified atom stereocenters. The molecule has 1 aromatic carbocycles. The van der Waals surface area contributed by atoms with Crippen LogP contribution in [0.25, 0.3) is 0 Å². The van der Waals surface area contributed by atoms with Gasteiger partial charge in [0.25, 0.3) is 0 Å².